The Morgan fingerprint density at radius 1 is 1.28 bits per heavy atom. The molecule has 1 fully saturated rings. The zero-order valence-corrected chi connectivity index (χ0v) is 16.9. The minimum absolute atomic E-state index is 0. The summed E-state index contributed by atoms with van der Waals surface area (Å²) in [5.74, 6) is 2.41. The molecule has 0 saturated heterocycles. The summed E-state index contributed by atoms with van der Waals surface area (Å²) in [5.41, 5.74) is 3.17. The van der Waals surface area contributed by atoms with Crippen LogP contribution in [0.25, 0.3) is 0 Å². The monoisotopic (exact) mass is 456 g/mol. The largest absolute Gasteiger partial charge is 0.493 e. The van der Waals surface area contributed by atoms with Gasteiger partial charge in [0.15, 0.2) is 5.96 Å². The van der Waals surface area contributed by atoms with Gasteiger partial charge in [0, 0.05) is 25.2 Å². The average molecular weight is 456 g/mol. The number of aryl methyl sites for hydroxylation is 1. The lowest BCUT2D eigenvalue weighted by atomic mass is 10.1. The van der Waals surface area contributed by atoms with E-state index in [0.29, 0.717) is 19.0 Å². The first-order chi connectivity index (χ1) is 11.7. The molecule has 1 aromatic heterocycles. The zero-order chi connectivity index (χ0) is 16.8. The number of nitrogens with one attached hydrogen (secondary N) is 2. The Labute approximate surface area is 165 Å². The SMILES string of the molecule is CN=C(NCc1ccon1)NCc1ccc(C)cc1OCC1CC1.I. The van der Waals surface area contributed by atoms with Gasteiger partial charge in [-0.25, -0.2) is 0 Å². The summed E-state index contributed by atoms with van der Waals surface area (Å²) in [5, 5.41) is 10.4. The van der Waals surface area contributed by atoms with Gasteiger partial charge in [-0.15, -0.1) is 24.0 Å². The zero-order valence-electron chi connectivity index (χ0n) is 14.6. The Bertz CT molecular complexity index is 684. The topological polar surface area (TPSA) is 71.7 Å². The molecule has 136 valence electrons. The number of benzene rings is 1. The van der Waals surface area contributed by atoms with E-state index in [4.69, 9.17) is 9.26 Å². The average Bonchev–Trinajstić information content (AvgIpc) is 3.28. The molecule has 1 heterocycles. The molecular weight excluding hydrogens is 431 g/mol. The summed E-state index contributed by atoms with van der Waals surface area (Å²) >= 11 is 0. The van der Waals surface area contributed by atoms with E-state index in [2.05, 4.69) is 45.9 Å². The number of halogens is 1. The molecule has 6 nitrogen and oxygen atoms in total. The number of hydrogen-bond donors (Lipinski definition) is 2. The Balaban J connectivity index is 0.00000225. The molecule has 0 aliphatic heterocycles. The molecule has 0 spiro atoms. The third-order valence-electron chi connectivity index (χ3n) is 3.99. The lowest BCUT2D eigenvalue weighted by Gasteiger charge is -2.15. The molecule has 0 bridgehead atoms. The fraction of sp³-hybridized carbons (Fsp3) is 0.444. The lowest BCUT2D eigenvalue weighted by Crippen LogP contribution is -2.36. The predicted molar refractivity (Wildman–Crippen MR) is 108 cm³/mol. The van der Waals surface area contributed by atoms with Crippen LogP contribution in [0.5, 0.6) is 5.75 Å². The molecule has 0 unspecified atom stereocenters. The second-order valence-electron chi connectivity index (χ2n) is 6.14. The third-order valence-corrected chi connectivity index (χ3v) is 3.99. The number of aromatic nitrogens is 1. The van der Waals surface area contributed by atoms with E-state index in [9.17, 15) is 0 Å². The van der Waals surface area contributed by atoms with Gasteiger partial charge in [0.05, 0.1) is 13.2 Å². The van der Waals surface area contributed by atoms with E-state index >= 15 is 0 Å². The Hall–Kier alpha value is -1.77. The summed E-state index contributed by atoms with van der Waals surface area (Å²) < 4.78 is 10.8. The van der Waals surface area contributed by atoms with Crippen LogP contribution in [0.4, 0.5) is 0 Å². The molecule has 3 rings (SSSR count). The number of hydrogen-bond acceptors (Lipinski definition) is 4. The maximum atomic E-state index is 6.00. The maximum absolute atomic E-state index is 6.00. The minimum atomic E-state index is 0. The number of rotatable bonds is 7. The van der Waals surface area contributed by atoms with Crippen LogP contribution < -0.4 is 15.4 Å². The fourth-order valence-electron chi connectivity index (χ4n) is 2.34. The van der Waals surface area contributed by atoms with Crippen molar-refractivity contribution in [1.82, 2.24) is 15.8 Å². The highest BCUT2D eigenvalue weighted by Gasteiger charge is 2.22. The van der Waals surface area contributed by atoms with Crippen LogP contribution in [0.2, 0.25) is 0 Å². The molecule has 1 aromatic carbocycles. The van der Waals surface area contributed by atoms with Crippen molar-refractivity contribution >= 4 is 29.9 Å². The standard InChI is InChI=1S/C18H24N4O2.HI/c1-13-3-6-15(17(9-13)23-12-14-4-5-14)10-20-18(19-2)21-11-16-7-8-24-22-16;/h3,6-9,14H,4-5,10-12H2,1-2H3,(H2,19,20,21);1H. The van der Waals surface area contributed by atoms with E-state index < -0.39 is 0 Å². The van der Waals surface area contributed by atoms with E-state index in [1.165, 1.54) is 18.4 Å². The van der Waals surface area contributed by atoms with E-state index in [-0.39, 0.29) is 24.0 Å². The first kappa shape index (κ1) is 19.6. The van der Waals surface area contributed by atoms with E-state index in [1.807, 2.05) is 6.07 Å². The minimum Gasteiger partial charge on any atom is -0.493 e. The third kappa shape index (κ3) is 6.22. The van der Waals surface area contributed by atoms with Crippen molar-refractivity contribution in [1.29, 1.82) is 0 Å². The van der Waals surface area contributed by atoms with Gasteiger partial charge in [-0.3, -0.25) is 4.99 Å². The second-order valence-corrected chi connectivity index (χ2v) is 6.14. The molecule has 25 heavy (non-hydrogen) atoms. The fourth-order valence-corrected chi connectivity index (χ4v) is 2.34. The second kappa shape index (κ2) is 9.65. The first-order valence-electron chi connectivity index (χ1n) is 8.30. The van der Waals surface area contributed by atoms with Crippen molar-refractivity contribution in [2.75, 3.05) is 13.7 Å². The van der Waals surface area contributed by atoms with Crippen molar-refractivity contribution in [2.45, 2.75) is 32.9 Å². The summed E-state index contributed by atoms with van der Waals surface area (Å²) in [4.78, 5) is 4.23. The Morgan fingerprint density at radius 3 is 2.76 bits per heavy atom. The normalized spacial score (nSPS) is 13.9. The molecule has 0 amide bonds. The maximum Gasteiger partial charge on any atom is 0.191 e. The van der Waals surface area contributed by atoms with Gasteiger partial charge in [-0.1, -0.05) is 17.3 Å². The summed E-state index contributed by atoms with van der Waals surface area (Å²) in [6.07, 6.45) is 4.14. The van der Waals surface area contributed by atoms with Gasteiger partial charge in [-0.05, 0) is 37.3 Å². The van der Waals surface area contributed by atoms with Gasteiger partial charge in [0.2, 0.25) is 0 Å². The van der Waals surface area contributed by atoms with Crippen molar-refractivity contribution in [3.8, 4) is 5.75 Å². The smallest absolute Gasteiger partial charge is 0.191 e. The predicted octanol–water partition coefficient (Wildman–Crippen LogP) is 3.26. The summed E-state index contributed by atoms with van der Waals surface area (Å²) in [7, 11) is 1.75. The van der Waals surface area contributed by atoms with Gasteiger partial charge >= 0.3 is 0 Å². The van der Waals surface area contributed by atoms with Gasteiger partial charge in [-0.2, -0.15) is 0 Å². The van der Waals surface area contributed by atoms with Crippen LogP contribution >= 0.6 is 24.0 Å². The van der Waals surface area contributed by atoms with Gasteiger partial charge in [0.1, 0.15) is 17.7 Å². The molecular formula is C18H25IN4O2. The quantitative estimate of drug-likeness (QED) is 0.380. The highest BCUT2D eigenvalue weighted by atomic mass is 127. The summed E-state index contributed by atoms with van der Waals surface area (Å²) in [6.45, 7) is 4.11. The van der Waals surface area contributed by atoms with Crippen LogP contribution in [-0.4, -0.2) is 24.8 Å². The van der Waals surface area contributed by atoms with Crippen LogP contribution in [-0.2, 0) is 13.1 Å². The van der Waals surface area contributed by atoms with Gasteiger partial charge < -0.3 is 19.9 Å². The van der Waals surface area contributed by atoms with Crippen molar-refractivity contribution in [3.63, 3.8) is 0 Å². The van der Waals surface area contributed by atoms with Crippen LogP contribution in [0.1, 0.15) is 29.7 Å². The van der Waals surface area contributed by atoms with E-state index in [1.54, 1.807) is 13.3 Å². The van der Waals surface area contributed by atoms with Crippen molar-refractivity contribution in [3.05, 3.63) is 47.3 Å². The highest BCUT2D eigenvalue weighted by Crippen LogP contribution is 2.30. The van der Waals surface area contributed by atoms with Crippen LogP contribution in [0.15, 0.2) is 40.0 Å². The molecule has 0 atom stereocenters. The Kier molecular flexibility index (Phi) is 7.54. The number of guanidine groups is 1. The van der Waals surface area contributed by atoms with Crippen molar-refractivity contribution in [2.24, 2.45) is 10.9 Å². The van der Waals surface area contributed by atoms with Gasteiger partial charge in [0.25, 0.3) is 0 Å². The highest BCUT2D eigenvalue weighted by molar-refractivity contribution is 14.0. The van der Waals surface area contributed by atoms with Crippen LogP contribution in [0, 0.1) is 12.8 Å². The molecule has 0 radical (unpaired) electrons. The van der Waals surface area contributed by atoms with E-state index in [0.717, 1.165) is 29.5 Å². The molecule has 2 aromatic rings. The van der Waals surface area contributed by atoms with Crippen LogP contribution in [0.3, 0.4) is 0 Å². The first-order valence-corrected chi connectivity index (χ1v) is 8.30. The Morgan fingerprint density at radius 2 is 2.08 bits per heavy atom. The number of ether oxygens (including phenoxy) is 1. The molecule has 2 N–H and O–H groups in total. The molecule has 1 saturated carbocycles. The molecule has 1 aliphatic carbocycles. The lowest BCUT2D eigenvalue weighted by molar-refractivity contribution is 0.296. The molecule has 7 heteroatoms. The molecule has 1 aliphatic rings. The summed E-state index contributed by atoms with van der Waals surface area (Å²) in [6, 6.07) is 8.14. The number of aliphatic imine (C=N–C) groups is 1. The number of nitrogens with zero attached hydrogens (tertiary/aromatic N) is 2. The van der Waals surface area contributed by atoms with Crippen molar-refractivity contribution < 1.29 is 9.26 Å².